The van der Waals surface area contributed by atoms with Crippen molar-refractivity contribution in [3.8, 4) is 0 Å². The summed E-state index contributed by atoms with van der Waals surface area (Å²) in [5.41, 5.74) is 0.958. The summed E-state index contributed by atoms with van der Waals surface area (Å²) in [4.78, 5) is 26.0. The van der Waals surface area contributed by atoms with E-state index in [4.69, 9.17) is 0 Å². The van der Waals surface area contributed by atoms with Crippen molar-refractivity contribution in [3.05, 3.63) is 66.3 Å². The fourth-order valence-electron chi connectivity index (χ4n) is 4.17. The fraction of sp³-hybridized carbons (Fsp3) is 0.409. The summed E-state index contributed by atoms with van der Waals surface area (Å²) in [7, 11) is 0. The molecule has 1 aromatic carbocycles. The van der Waals surface area contributed by atoms with Crippen molar-refractivity contribution in [2.75, 3.05) is 24.5 Å². The van der Waals surface area contributed by atoms with Gasteiger partial charge in [-0.15, -0.1) is 0 Å². The SMILES string of the molecule is O=C1[C@H](C2CCN(c3ncccn3)CC2)CC=CCN1Cc1ccc(F)cc1. The van der Waals surface area contributed by atoms with Crippen LogP contribution in [0.4, 0.5) is 10.3 Å². The summed E-state index contributed by atoms with van der Waals surface area (Å²) >= 11 is 0. The van der Waals surface area contributed by atoms with Crippen molar-refractivity contribution in [1.29, 1.82) is 0 Å². The van der Waals surface area contributed by atoms with Crippen molar-refractivity contribution in [2.45, 2.75) is 25.8 Å². The molecule has 0 bridgehead atoms. The van der Waals surface area contributed by atoms with Crippen molar-refractivity contribution in [2.24, 2.45) is 11.8 Å². The largest absolute Gasteiger partial charge is 0.341 e. The molecule has 146 valence electrons. The maximum absolute atomic E-state index is 13.2. The molecule has 1 saturated heterocycles. The Morgan fingerprint density at radius 3 is 2.46 bits per heavy atom. The predicted molar refractivity (Wildman–Crippen MR) is 106 cm³/mol. The molecular weight excluding hydrogens is 355 g/mol. The molecule has 1 atom stereocenters. The minimum atomic E-state index is -0.252. The Labute approximate surface area is 164 Å². The van der Waals surface area contributed by atoms with Gasteiger partial charge in [-0.3, -0.25) is 4.79 Å². The number of rotatable bonds is 4. The molecule has 3 heterocycles. The first-order valence-electron chi connectivity index (χ1n) is 9.91. The van der Waals surface area contributed by atoms with E-state index in [9.17, 15) is 9.18 Å². The smallest absolute Gasteiger partial charge is 0.226 e. The van der Waals surface area contributed by atoms with Gasteiger partial charge in [0.2, 0.25) is 11.9 Å². The van der Waals surface area contributed by atoms with Crippen LogP contribution in [0, 0.1) is 17.7 Å². The molecule has 0 radical (unpaired) electrons. The first-order valence-corrected chi connectivity index (χ1v) is 9.91. The third-order valence-electron chi connectivity index (χ3n) is 5.74. The van der Waals surface area contributed by atoms with Gasteiger partial charge >= 0.3 is 0 Å². The van der Waals surface area contributed by atoms with Gasteiger partial charge in [0, 0.05) is 44.5 Å². The number of halogens is 1. The van der Waals surface area contributed by atoms with E-state index >= 15 is 0 Å². The van der Waals surface area contributed by atoms with E-state index in [1.54, 1.807) is 24.5 Å². The van der Waals surface area contributed by atoms with Crippen LogP contribution in [0.25, 0.3) is 0 Å². The molecule has 1 fully saturated rings. The second-order valence-corrected chi connectivity index (χ2v) is 7.53. The Bertz CT molecular complexity index is 816. The molecule has 28 heavy (non-hydrogen) atoms. The van der Waals surface area contributed by atoms with E-state index in [-0.39, 0.29) is 17.6 Å². The van der Waals surface area contributed by atoms with Gasteiger partial charge in [0.05, 0.1) is 0 Å². The average Bonchev–Trinajstić information content (AvgIpc) is 2.92. The Kier molecular flexibility index (Phi) is 5.65. The summed E-state index contributed by atoms with van der Waals surface area (Å²) < 4.78 is 13.2. The average molecular weight is 380 g/mol. The van der Waals surface area contributed by atoms with Gasteiger partial charge in [-0.25, -0.2) is 14.4 Å². The van der Waals surface area contributed by atoms with Crippen LogP contribution < -0.4 is 4.90 Å². The molecule has 2 aliphatic heterocycles. The minimum Gasteiger partial charge on any atom is -0.341 e. The highest BCUT2D eigenvalue weighted by Crippen LogP contribution is 2.32. The molecule has 6 heteroatoms. The van der Waals surface area contributed by atoms with E-state index in [0.29, 0.717) is 19.0 Å². The maximum atomic E-state index is 13.2. The number of aromatic nitrogens is 2. The number of carbonyl (C=O) groups excluding carboxylic acids is 1. The second kappa shape index (κ2) is 8.50. The highest BCUT2D eigenvalue weighted by molar-refractivity contribution is 5.80. The highest BCUT2D eigenvalue weighted by Gasteiger charge is 2.34. The van der Waals surface area contributed by atoms with E-state index in [1.807, 2.05) is 11.0 Å². The van der Waals surface area contributed by atoms with Gasteiger partial charge in [0.1, 0.15) is 5.82 Å². The lowest BCUT2D eigenvalue weighted by Gasteiger charge is -2.36. The summed E-state index contributed by atoms with van der Waals surface area (Å²) in [6, 6.07) is 8.23. The lowest BCUT2D eigenvalue weighted by Crippen LogP contribution is -2.42. The van der Waals surface area contributed by atoms with Crippen LogP contribution >= 0.6 is 0 Å². The standard InChI is InChI=1S/C22H25FN4O/c23-19-7-5-17(6-8-19)16-27-13-2-1-4-20(21(27)28)18-9-14-26(15-10-18)22-24-11-3-12-25-22/h1-3,5-8,11-12,18,20H,4,9-10,13-16H2/t20-/m0/s1. The number of hydrogen-bond donors (Lipinski definition) is 0. The zero-order valence-corrected chi connectivity index (χ0v) is 15.9. The van der Waals surface area contributed by atoms with Crippen LogP contribution in [0.15, 0.2) is 54.9 Å². The van der Waals surface area contributed by atoms with Gasteiger partial charge in [-0.2, -0.15) is 0 Å². The molecule has 4 rings (SSSR count). The molecular formula is C22H25FN4O. The van der Waals surface area contributed by atoms with E-state index < -0.39 is 0 Å². The highest BCUT2D eigenvalue weighted by atomic mass is 19.1. The Morgan fingerprint density at radius 2 is 1.75 bits per heavy atom. The normalized spacial score (nSPS) is 21.0. The van der Waals surface area contributed by atoms with E-state index in [2.05, 4.69) is 27.0 Å². The van der Waals surface area contributed by atoms with E-state index in [0.717, 1.165) is 43.9 Å². The van der Waals surface area contributed by atoms with E-state index in [1.165, 1.54) is 12.1 Å². The number of anilines is 1. The van der Waals surface area contributed by atoms with Crippen LogP contribution in [0.2, 0.25) is 0 Å². The van der Waals surface area contributed by atoms with Gasteiger partial charge in [0.25, 0.3) is 0 Å². The fourth-order valence-corrected chi connectivity index (χ4v) is 4.17. The third-order valence-corrected chi connectivity index (χ3v) is 5.74. The molecule has 5 nitrogen and oxygen atoms in total. The van der Waals surface area contributed by atoms with Crippen LogP contribution in [-0.2, 0) is 11.3 Å². The van der Waals surface area contributed by atoms with Crippen molar-refractivity contribution in [1.82, 2.24) is 14.9 Å². The predicted octanol–water partition coefficient (Wildman–Crippen LogP) is 3.44. The number of benzene rings is 1. The minimum absolute atomic E-state index is 0.0121. The lowest BCUT2D eigenvalue weighted by molar-refractivity contribution is -0.137. The summed E-state index contributed by atoms with van der Waals surface area (Å²) in [6.07, 6.45) is 10.5. The molecule has 1 aromatic heterocycles. The molecule has 0 saturated carbocycles. The van der Waals surface area contributed by atoms with Gasteiger partial charge in [0.15, 0.2) is 0 Å². The number of allylic oxidation sites excluding steroid dienone is 1. The van der Waals surface area contributed by atoms with Gasteiger partial charge in [-0.05, 0) is 48.9 Å². The van der Waals surface area contributed by atoms with Gasteiger partial charge in [-0.1, -0.05) is 24.3 Å². The van der Waals surface area contributed by atoms with Crippen LogP contribution in [0.5, 0.6) is 0 Å². The zero-order chi connectivity index (χ0) is 19.3. The van der Waals surface area contributed by atoms with Crippen molar-refractivity contribution in [3.63, 3.8) is 0 Å². The van der Waals surface area contributed by atoms with Crippen molar-refractivity contribution < 1.29 is 9.18 Å². The first kappa shape index (κ1) is 18.6. The Hall–Kier alpha value is -2.76. The Morgan fingerprint density at radius 1 is 1.04 bits per heavy atom. The first-order chi connectivity index (χ1) is 13.7. The van der Waals surface area contributed by atoms with Gasteiger partial charge < -0.3 is 9.80 Å². The number of piperidine rings is 1. The quantitative estimate of drug-likeness (QED) is 0.763. The summed E-state index contributed by atoms with van der Waals surface area (Å²) in [6.45, 7) is 2.89. The number of hydrogen-bond acceptors (Lipinski definition) is 4. The molecule has 2 aromatic rings. The summed E-state index contributed by atoms with van der Waals surface area (Å²) in [5.74, 6) is 1.11. The zero-order valence-electron chi connectivity index (χ0n) is 15.9. The van der Waals surface area contributed by atoms with Crippen molar-refractivity contribution >= 4 is 11.9 Å². The Balaban J connectivity index is 1.40. The topological polar surface area (TPSA) is 49.3 Å². The monoisotopic (exact) mass is 380 g/mol. The molecule has 2 aliphatic rings. The number of amides is 1. The maximum Gasteiger partial charge on any atom is 0.226 e. The second-order valence-electron chi connectivity index (χ2n) is 7.53. The van der Waals surface area contributed by atoms with Crippen LogP contribution in [0.3, 0.4) is 0 Å². The molecule has 0 spiro atoms. The van der Waals surface area contributed by atoms with Crippen LogP contribution in [-0.4, -0.2) is 40.4 Å². The third kappa shape index (κ3) is 4.21. The lowest BCUT2D eigenvalue weighted by atomic mass is 9.81. The molecule has 1 amide bonds. The van der Waals surface area contributed by atoms with Crippen LogP contribution in [0.1, 0.15) is 24.8 Å². The molecule has 0 N–H and O–H groups in total. The molecule has 0 aliphatic carbocycles. The number of nitrogens with zero attached hydrogens (tertiary/aromatic N) is 4. The molecule has 0 unspecified atom stereocenters. The summed E-state index contributed by atoms with van der Waals surface area (Å²) in [5, 5.41) is 0. The number of carbonyl (C=O) groups is 1.